The first-order chi connectivity index (χ1) is 18.3. The molecule has 0 saturated heterocycles. The van der Waals surface area contributed by atoms with Gasteiger partial charge < -0.3 is 0 Å². The van der Waals surface area contributed by atoms with Crippen LogP contribution in [0.4, 0.5) is 0 Å². The third-order valence-corrected chi connectivity index (χ3v) is 8.55. The fraction of sp³-hybridized carbons (Fsp3) is 0. The number of fused-ring (bicyclic) bond motifs is 9. The molecule has 0 aliphatic carbocycles. The second-order valence-corrected chi connectivity index (χ2v) is 10.4. The van der Waals surface area contributed by atoms with Crippen LogP contribution in [0.15, 0.2) is 121 Å². The van der Waals surface area contributed by atoms with Gasteiger partial charge in [0, 0.05) is 42.7 Å². The SMILES string of the molecule is c1ccc2c(c1)sc1c(-c3ccc(-c4ccc5c6ccccc6c6cccnc6c5n4)cc3)cccc12. The number of hydrogen-bond donors (Lipinski definition) is 0. The van der Waals surface area contributed by atoms with Crippen molar-refractivity contribution in [2.75, 3.05) is 0 Å². The summed E-state index contributed by atoms with van der Waals surface area (Å²) >= 11 is 1.87. The Morgan fingerprint density at radius 3 is 1.97 bits per heavy atom. The Kier molecular flexibility index (Phi) is 4.42. The van der Waals surface area contributed by atoms with Crippen LogP contribution in [-0.4, -0.2) is 9.97 Å². The molecule has 0 amide bonds. The van der Waals surface area contributed by atoms with Gasteiger partial charge in [-0.2, -0.15) is 0 Å². The molecule has 0 aliphatic heterocycles. The van der Waals surface area contributed by atoms with Gasteiger partial charge in [0.25, 0.3) is 0 Å². The molecular formula is C34H20N2S. The highest BCUT2D eigenvalue weighted by molar-refractivity contribution is 7.26. The number of pyridine rings is 2. The summed E-state index contributed by atoms with van der Waals surface area (Å²) in [5.41, 5.74) is 6.46. The molecule has 3 heterocycles. The molecule has 37 heavy (non-hydrogen) atoms. The number of thiophene rings is 1. The molecule has 3 heteroatoms. The summed E-state index contributed by atoms with van der Waals surface area (Å²) in [5.74, 6) is 0. The largest absolute Gasteiger partial charge is 0.254 e. The van der Waals surface area contributed by atoms with E-state index >= 15 is 0 Å². The molecule has 0 spiro atoms. The van der Waals surface area contributed by atoms with E-state index in [0.717, 1.165) is 33.1 Å². The maximum absolute atomic E-state index is 5.14. The topological polar surface area (TPSA) is 25.8 Å². The van der Waals surface area contributed by atoms with Crippen molar-refractivity contribution in [1.29, 1.82) is 0 Å². The molecule has 5 aromatic carbocycles. The first kappa shape index (κ1) is 20.6. The lowest BCUT2D eigenvalue weighted by Gasteiger charge is -2.11. The smallest absolute Gasteiger partial charge is 0.0978 e. The molecule has 172 valence electrons. The van der Waals surface area contributed by atoms with Gasteiger partial charge in [0.05, 0.1) is 16.7 Å². The minimum Gasteiger partial charge on any atom is -0.254 e. The normalized spacial score (nSPS) is 11.8. The van der Waals surface area contributed by atoms with E-state index in [1.807, 2.05) is 23.6 Å². The van der Waals surface area contributed by atoms with Gasteiger partial charge in [0.1, 0.15) is 0 Å². The number of hydrogen-bond acceptors (Lipinski definition) is 3. The number of rotatable bonds is 2. The van der Waals surface area contributed by atoms with E-state index in [-0.39, 0.29) is 0 Å². The number of benzene rings is 5. The van der Waals surface area contributed by atoms with Gasteiger partial charge in [-0.05, 0) is 46.2 Å². The lowest BCUT2D eigenvalue weighted by atomic mass is 9.98. The molecule has 0 unspecified atom stereocenters. The lowest BCUT2D eigenvalue weighted by Crippen LogP contribution is -1.91. The highest BCUT2D eigenvalue weighted by Gasteiger charge is 2.13. The molecular weight excluding hydrogens is 468 g/mol. The second kappa shape index (κ2) is 7.95. The van der Waals surface area contributed by atoms with Crippen LogP contribution in [0, 0.1) is 0 Å². The van der Waals surface area contributed by atoms with Gasteiger partial charge in [0.2, 0.25) is 0 Å². The van der Waals surface area contributed by atoms with E-state index in [4.69, 9.17) is 9.97 Å². The third kappa shape index (κ3) is 3.11. The van der Waals surface area contributed by atoms with Gasteiger partial charge in [-0.3, -0.25) is 4.98 Å². The Labute approximate surface area is 217 Å². The van der Waals surface area contributed by atoms with Crippen molar-refractivity contribution in [3.05, 3.63) is 121 Å². The summed E-state index contributed by atoms with van der Waals surface area (Å²) in [5, 5.41) is 7.36. The van der Waals surface area contributed by atoms with Crippen LogP contribution in [0.1, 0.15) is 0 Å². The Bertz CT molecular complexity index is 2100. The Morgan fingerprint density at radius 2 is 1.14 bits per heavy atom. The number of aromatic nitrogens is 2. The maximum atomic E-state index is 5.14. The molecule has 8 aromatic rings. The molecule has 0 fully saturated rings. The van der Waals surface area contributed by atoms with Gasteiger partial charge in [-0.1, -0.05) is 91.0 Å². The molecule has 0 N–H and O–H groups in total. The highest BCUT2D eigenvalue weighted by Crippen LogP contribution is 2.40. The second-order valence-electron chi connectivity index (χ2n) is 9.40. The molecule has 2 nitrogen and oxygen atoms in total. The summed E-state index contributed by atoms with van der Waals surface area (Å²) in [6.45, 7) is 0. The van der Waals surface area contributed by atoms with Crippen LogP contribution < -0.4 is 0 Å². The minimum atomic E-state index is 0.950. The summed E-state index contributed by atoms with van der Waals surface area (Å²) < 4.78 is 2.67. The summed E-state index contributed by atoms with van der Waals surface area (Å²) in [4.78, 5) is 9.88. The highest BCUT2D eigenvalue weighted by atomic mass is 32.1. The summed E-state index contributed by atoms with van der Waals surface area (Å²) in [6, 6.07) is 41.1. The first-order valence-corrected chi connectivity index (χ1v) is 13.2. The molecule has 0 atom stereocenters. The number of nitrogens with zero attached hydrogens (tertiary/aromatic N) is 2. The summed E-state index contributed by atoms with van der Waals surface area (Å²) in [7, 11) is 0. The van der Waals surface area contributed by atoms with E-state index < -0.39 is 0 Å². The zero-order valence-corrected chi connectivity index (χ0v) is 20.7. The maximum Gasteiger partial charge on any atom is 0.0978 e. The molecule has 0 saturated carbocycles. The standard InChI is InChI=1S/C34H20N2S/c1-2-8-25-24(7-1)27-12-6-20-35-32(27)33-28(25)18-19-30(36-33)22-16-14-21(15-17-22)23-10-5-11-29-26-9-3-4-13-31(26)37-34(23)29/h1-20H. The van der Waals surface area contributed by atoms with Crippen LogP contribution in [0.3, 0.4) is 0 Å². The monoisotopic (exact) mass is 488 g/mol. The fourth-order valence-electron chi connectivity index (χ4n) is 5.58. The van der Waals surface area contributed by atoms with E-state index in [1.54, 1.807) is 0 Å². The molecule has 3 aromatic heterocycles. The van der Waals surface area contributed by atoms with Crippen molar-refractivity contribution in [2.45, 2.75) is 0 Å². The van der Waals surface area contributed by atoms with Gasteiger partial charge in [-0.25, -0.2) is 4.98 Å². The van der Waals surface area contributed by atoms with Crippen molar-refractivity contribution < 1.29 is 0 Å². The molecule has 8 rings (SSSR count). The van der Waals surface area contributed by atoms with Crippen LogP contribution in [0.25, 0.3) is 75.1 Å². The van der Waals surface area contributed by atoms with Crippen molar-refractivity contribution in [2.24, 2.45) is 0 Å². The quantitative estimate of drug-likeness (QED) is 0.226. The van der Waals surface area contributed by atoms with Crippen LogP contribution in [0.2, 0.25) is 0 Å². The van der Waals surface area contributed by atoms with Crippen LogP contribution >= 0.6 is 11.3 Å². The molecule has 0 bridgehead atoms. The van der Waals surface area contributed by atoms with Crippen molar-refractivity contribution in [1.82, 2.24) is 9.97 Å². The zero-order chi connectivity index (χ0) is 24.3. The summed E-state index contributed by atoms with van der Waals surface area (Å²) in [6.07, 6.45) is 1.86. The van der Waals surface area contributed by atoms with Crippen molar-refractivity contribution in [3.63, 3.8) is 0 Å². The Morgan fingerprint density at radius 1 is 0.459 bits per heavy atom. The Hall–Kier alpha value is -4.60. The lowest BCUT2D eigenvalue weighted by molar-refractivity contribution is 1.37. The average Bonchev–Trinajstić information content (AvgIpc) is 3.36. The van der Waals surface area contributed by atoms with Crippen LogP contribution in [-0.2, 0) is 0 Å². The van der Waals surface area contributed by atoms with E-state index in [0.29, 0.717) is 0 Å². The minimum absolute atomic E-state index is 0.950. The van der Waals surface area contributed by atoms with Crippen molar-refractivity contribution >= 4 is 64.1 Å². The van der Waals surface area contributed by atoms with Gasteiger partial charge in [-0.15, -0.1) is 11.3 Å². The van der Waals surface area contributed by atoms with E-state index in [1.165, 1.54) is 42.1 Å². The fourth-order valence-corrected chi connectivity index (χ4v) is 6.82. The zero-order valence-electron chi connectivity index (χ0n) is 19.8. The first-order valence-electron chi connectivity index (χ1n) is 12.4. The van der Waals surface area contributed by atoms with Crippen LogP contribution in [0.5, 0.6) is 0 Å². The van der Waals surface area contributed by atoms with Gasteiger partial charge in [0.15, 0.2) is 0 Å². The predicted octanol–water partition coefficient (Wildman–Crippen LogP) is 9.64. The molecule has 0 radical (unpaired) electrons. The van der Waals surface area contributed by atoms with E-state index in [2.05, 4.69) is 109 Å². The Balaban J connectivity index is 1.28. The van der Waals surface area contributed by atoms with E-state index in [9.17, 15) is 0 Å². The average molecular weight is 489 g/mol. The molecule has 0 aliphatic rings. The van der Waals surface area contributed by atoms with Gasteiger partial charge >= 0.3 is 0 Å². The predicted molar refractivity (Wildman–Crippen MR) is 158 cm³/mol. The van der Waals surface area contributed by atoms with Crippen molar-refractivity contribution in [3.8, 4) is 22.4 Å². The third-order valence-electron chi connectivity index (χ3n) is 7.33.